The molecule has 3 rings (SSSR count). The number of rotatable bonds is 3. The van der Waals surface area contributed by atoms with Gasteiger partial charge in [0.25, 0.3) is 5.91 Å². The third-order valence-electron chi connectivity index (χ3n) is 4.71. The highest BCUT2D eigenvalue weighted by Gasteiger charge is 2.38. The quantitative estimate of drug-likeness (QED) is 0.781. The first-order valence-electron chi connectivity index (χ1n) is 8.81. The highest BCUT2D eigenvalue weighted by molar-refractivity contribution is 5.97. The Hall–Kier alpha value is -2.05. The minimum atomic E-state index is -0.660. The van der Waals surface area contributed by atoms with Crippen molar-refractivity contribution < 1.29 is 13.9 Å². The fourth-order valence-electron chi connectivity index (χ4n) is 4.12. The van der Waals surface area contributed by atoms with E-state index in [1.165, 1.54) is 7.11 Å². The fourth-order valence-corrected chi connectivity index (χ4v) is 4.12. The van der Waals surface area contributed by atoms with Gasteiger partial charge in [-0.3, -0.25) is 4.79 Å². The summed E-state index contributed by atoms with van der Waals surface area (Å²) in [5.41, 5.74) is -0.491. The van der Waals surface area contributed by atoms with E-state index < -0.39 is 11.5 Å². The maximum absolute atomic E-state index is 12.7. The van der Waals surface area contributed by atoms with E-state index in [2.05, 4.69) is 38.3 Å². The van der Waals surface area contributed by atoms with Crippen LogP contribution < -0.4 is 21.0 Å². The van der Waals surface area contributed by atoms with Crippen LogP contribution in [0.1, 0.15) is 50.9 Å². The van der Waals surface area contributed by atoms with E-state index in [1.807, 2.05) is 0 Å². The molecule has 148 valence electrons. The van der Waals surface area contributed by atoms with Crippen molar-refractivity contribution in [3.63, 3.8) is 0 Å². The van der Waals surface area contributed by atoms with Gasteiger partial charge in [0.1, 0.15) is 5.56 Å². The lowest BCUT2D eigenvalue weighted by atomic mass is 9.79. The molecule has 0 bridgehead atoms. The van der Waals surface area contributed by atoms with E-state index in [9.17, 15) is 9.59 Å². The molecule has 1 fully saturated rings. The Bertz CT molecular complexity index is 888. The first-order chi connectivity index (χ1) is 12.1. The van der Waals surface area contributed by atoms with Gasteiger partial charge in [-0.15, -0.1) is 12.4 Å². The molecule has 0 spiro atoms. The zero-order chi connectivity index (χ0) is 19.1. The summed E-state index contributed by atoms with van der Waals surface area (Å²) >= 11 is 0. The minimum absolute atomic E-state index is 0. The number of benzene rings is 1. The topological polar surface area (TPSA) is 80.6 Å². The fraction of sp³-hybridized carbons (Fsp3) is 0.500. The van der Waals surface area contributed by atoms with Crippen molar-refractivity contribution in [2.45, 2.75) is 57.7 Å². The second-order valence-corrected chi connectivity index (χ2v) is 8.30. The molecule has 0 atom stereocenters. The molecule has 0 saturated carbocycles. The number of halogens is 1. The van der Waals surface area contributed by atoms with Gasteiger partial charge in [-0.2, -0.15) is 0 Å². The van der Waals surface area contributed by atoms with Crippen molar-refractivity contribution >= 4 is 29.3 Å². The van der Waals surface area contributed by atoms with E-state index in [-0.39, 0.29) is 35.1 Å². The Morgan fingerprint density at radius 3 is 2.44 bits per heavy atom. The van der Waals surface area contributed by atoms with Gasteiger partial charge >= 0.3 is 5.63 Å². The molecule has 0 radical (unpaired) electrons. The molecule has 0 aliphatic carbocycles. The summed E-state index contributed by atoms with van der Waals surface area (Å²) in [4.78, 5) is 25.1. The lowest BCUT2D eigenvalue weighted by molar-refractivity contribution is 0.0870. The smallest absolute Gasteiger partial charge is 0.349 e. The molecule has 7 heteroatoms. The molecule has 2 N–H and O–H groups in total. The molecular formula is C20H27ClN2O4. The van der Waals surface area contributed by atoms with Gasteiger partial charge in [0.15, 0.2) is 11.3 Å². The van der Waals surface area contributed by atoms with Gasteiger partial charge in [0, 0.05) is 22.5 Å². The summed E-state index contributed by atoms with van der Waals surface area (Å²) in [6.45, 7) is 8.46. The summed E-state index contributed by atoms with van der Waals surface area (Å²) in [6, 6.07) is 6.84. The summed E-state index contributed by atoms with van der Waals surface area (Å²) in [6.07, 6.45) is 1.57. The molecule has 1 aromatic heterocycles. The Kier molecular flexibility index (Phi) is 5.92. The number of nitrogens with one attached hydrogen (secondary N) is 2. The summed E-state index contributed by atoms with van der Waals surface area (Å²) in [5.74, 6) is 0.0652. The van der Waals surface area contributed by atoms with Crippen molar-refractivity contribution in [1.29, 1.82) is 0 Å². The molecular weight excluding hydrogens is 368 g/mol. The predicted molar refractivity (Wildman–Crippen MR) is 108 cm³/mol. The normalized spacial score (nSPS) is 18.6. The van der Waals surface area contributed by atoms with Crippen molar-refractivity contribution in [3.8, 4) is 5.75 Å². The van der Waals surface area contributed by atoms with Gasteiger partial charge in [-0.25, -0.2) is 4.79 Å². The first-order valence-corrected chi connectivity index (χ1v) is 8.81. The lowest BCUT2D eigenvalue weighted by Gasteiger charge is -2.46. The van der Waals surface area contributed by atoms with E-state index in [0.717, 1.165) is 12.8 Å². The van der Waals surface area contributed by atoms with Gasteiger partial charge < -0.3 is 19.8 Å². The largest absolute Gasteiger partial charge is 0.493 e. The van der Waals surface area contributed by atoms with Crippen LogP contribution in [0.4, 0.5) is 0 Å². The molecule has 1 aliphatic rings. The van der Waals surface area contributed by atoms with E-state index in [1.54, 1.807) is 24.3 Å². The van der Waals surface area contributed by atoms with Crippen molar-refractivity contribution in [3.05, 3.63) is 40.2 Å². The van der Waals surface area contributed by atoms with Crippen LogP contribution in [0.25, 0.3) is 11.0 Å². The number of ether oxygens (including phenoxy) is 1. The van der Waals surface area contributed by atoms with Crippen LogP contribution in [0.3, 0.4) is 0 Å². The Morgan fingerprint density at radius 1 is 1.22 bits per heavy atom. The van der Waals surface area contributed by atoms with Gasteiger partial charge in [0.05, 0.1) is 7.11 Å². The van der Waals surface area contributed by atoms with Gasteiger partial charge in [0.2, 0.25) is 0 Å². The second kappa shape index (κ2) is 7.52. The molecule has 2 aromatic rings. The minimum Gasteiger partial charge on any atom is -0.493 e. The van der Waals surface area contributed by atoms with E-state index in [0.29, 0.717) is 16.7 Å². The standard InChI is InChI=1S/C20H26N2O4.ClH/c1-19(2)10-13(11-20(3,4)22-19)21-17(23)14-9-12-7-6-8-15(25-5)16(12)26-18(14)24;/h6-9,13,22H,10-11H2,1-5H3,(H,21,23);1H. The average molecular weight is 395 g/mol. The number of fused-ring (bicyclic) bond motifs is 1. The molecule has 1 aromatic carbocycles. The predicted octanol–water partition coefficient (Wildman–Crippen LogP) is 3.26. The number of piperidine rings is 1. The van der Waals surface area contributed by atoms with Crippen LogP contribution in [-0.4, -0.2) is 30.1 Å². The molecule has 1 amide bonds. The number of hydrogen-bond acceptors (Lipinski definition) is 5. The molecule has 27 heavy (non-hydrogen) atoms. The maximum atomic E-state index is 12.7. The lowest BCUT2D eigenvalue weighted by Crippen LogP contribution is -2.62. The van der Waals surface area contributed by atoms with Gasteiger partial charge in [-0.1, -0.05) is 12.1 Å². The van der Waals surface area contributed by atoms with Crippen LogP contribution in [0.5, 0.6) is 5.75 Å². The van der Waals surface area contributed by atoms with E-state index >= 15 is 0 Å². The number of methoxy groups -OCH3 is 1. The molecule has 1 saturated heterocycles. The number of hydrogen-bond donors (Lipinski definition) is 2. The van der Waals surface area contributed by atoms with Crippen LogP contribution in [0.2, 0.25) is 0 Å². The van der Waals surface area contributed by atoms with Gasteiger partial charge in [-0.05, 0) is 52.7 Å². The number of amides is 1. The summed E-state index contributed by atoms with van der Waals surface area (Å²) in [7, 11) is 1.51. The summed E-state index contributed by atoms with van der Waals surface area (Å²) in [5, 5.41) is 7.24. The summed E-state index contributed by atoms with van der Waals surface area (Å²) < 4.78 is 10.6. The van der Waals surface area contributed by atoms with Crippen molar-refractivity contribution in [2.24, 2.45) is 0 Å². The third-order valence-corrected chi connectivity index (χ3v) is 4.71. The zero-order valence-electron chi connectivity index (χ0n) is 16.3. The average Bonchev–Trinajstić information content (AvgIpc) is 2.50. The monoisotopic (exact) mass is 394 g/mol. The maximum Gasteiger partial charge on any atom is 0.349 e. The second-order valence-electron chi connectivity index (χ2n) is 8.30. The highest BCUT2D eigenvalue weighted by atomic mass is 35.5. The Morgan fingerprint density at radius 2 is 1.85 bits per heavy atom. The number of para-hydroxylation sites is 1. The Balaban J connectivity index is 0.00000261. The molecule has 2 heterocycles. The number of carbonyl (C=O) groups is 1. The zero-order valence-corrected chi connectivity index (χ0v) is 17.2. The molecule has 1 aliphatic heterocycles. The highest BCUT2D eigenvalue weighted by Crippen LogP contribution is 2.29. The molecule has 6 nitrogen and oxygen atoms in total. The first kappa shape index (κ1) is 21.3. The Labute approximate surface area is 165 Å². The van der Waals surface area contributed by atoms with Crippen LogP contribution in [-0.2, 0) is 0 Å². The number of carbonyl (C=O) groups excluding carboxylic acids is 1. The van der Waals surface area contributed by atoms with Crippen LogP contribution in [0.15, 0.2) is 33.5 Å². The van der Waals surface area contributed by atoms with Crippen LogP contribution >= 0.6 is 12.4 Å². The van der Waals surface area contributed by atoms with Crippen molar-refractivity contribution in [2.75, 3.05) is 7.11 Å². The van der Waals surface area contributed by atoms with Crippen molar-refractivity contribution in [1.82, 2.24) is 10.6 Å². The third kappa shape index (κ3) is 4.62. The SMILES string of the molecule is COc1cccc2cc(C(=O)NC3CC(C)(C)NC(C)(C)C3)c(=O)oc12.Cl. The van der Waals surface area contributed by atoms with Crippen LogP contribution in [0, 0.1) is 0 Å². The molecule has 0 unspecified atom stereocenters. The van der Waals surface area contributed by atoms with E-state index in [4.69, 9.17) is 9.15 Å².